The molecule has 0 fully saturated rings. The summed E-state index contributed by atoms with van der Waals surface area (Å²) in [6.07, 6.45) is 2.46. The van der Waals surface area contributed by atoms with Crippen molar-refractivity contribution < 1.29 is 9.53 Å². The van der Waals surface area contributed by atoms with E-state index in [1.54, 1.807) is 24.5 Å². The van der Waals surface area contributed by atoms with Crippen LogP contribution >= 0.6 is 22.7 Å². The molecule has 6 nitrogen and oxygen atoms in total. The molecule has 0 aliphatic carbocycles. The molecule has 0 spiro atoms. The minimum atomic E-state index is -0.306. The van der Waals surface area contributed by atoms with E-state index in [1.807, 2.05) is 12.3 Å². The summed E-state index contributed by atoms with van der Waals surface area (Å²) in [5.74, 6) is -0.306. The van der Waals surface area contributed by atoms with Gasteiger partial charge in [-0.2, -0.15) is 5.26 Å². The molecule has 3 heterocycles. The second kappa shape index (κ2) is 8.65. The number of carbonyl (C=O) groups is 1. The number of carbonyl (C=O) groups excluding carboxylic acids is 1. The van der Waals surface area contributed by atoms with Crippen LogP contribution in [0.1, 0.15) is 45.3 Å². The Labute approximate surface area is 167 Å². The van der Waals surface area contributed by atoms with Gasteiger partial charge in [0.1, 0.15) is 21.7 Å². The SMILES string of the molecule is CCOC(=O)c1c(N/C=C(\C#N)c2nc(C)cs2)sc2c1CCN(CC)C2. The van der Waals surface area contributed by atoms with Gasteiger partial charge >= 0.3 is 5.97 Å². The quantitative estimate of drug-likeness (QED) is 0.580. The number of rotatable bonds is 6. The summed E-state index contributed by atoms with van der Waals surface area (Å²) >= 11 is 2.99. The average molecular weight is 403 g/mol. The molecular weight excluding hydrogens is 380 g/mol. The molecule has 0 saturated heterocycles. The second-order valence-electron chi connectivity index (χ2n) is 6.16. The Hall–Kier alpha value is -2.21. The van der Waals surface area contributed by atoms with Crippen LogP contribution < -0.4 is 5.32 Å². The minimum absolute atomic E-state index is 0.306. The molecule has 1 aliphatic rings. The van der Waals surface area contributed by atoms with Crippen molar-refractivity contribution in [3.8, 4) is 6.07 Å². The Bertz CT molecular complexity index is 907. The maximum atomic E-state index is 12.6. The van der Waals surface area contributed by atoms with E-state index < -0.39 is 0 Å². The van der Waals surface area contributed by atoms with Gasteiger partial charge in [-0.05, 0) is 32.4 Å². The monoisotopic (exact) mass is 402 g/mol. The fourth-order valence-electron chi connectivity index (χ4n) is 3.00. The van der Waals surface area contributed by atoms with E-state index in [2.05, 4.69) is 28.2 Å². The zero-order chi connectivity index (χ0) is 19.4. The van der Waals surface area contributed by atoms with E-state index in [4.69, 9.17) is 4.74 Å². The van der Waals surface area contributed by atoms with Gasteiger partial charge in [-0.15, -0.1) is 22.7 Å². The van der Waals surface area contributed by atoms with E-state index in [1.165, 1.54) is 16.2 Å². The van der Waals surface area contributed by atoms with Crippen molar-refractivity contribution in [2.24, 2.45) is 0 Å². The van der Waals surface area contributed by atoms with E-state index in [0.717, 1.165) is 42.3 Å². The molecule has 8 heteroatoms. The highest BCUT2D eigenvalue weighted by molar-refractivity contribution is 7.16. The summed E-state index contributed by atoms with van der Waals surface area (Å²) in [4.78, 5) is 20.5. The molecule has 3 rings (SSSR count). The molecule has 2 aromatic rings. The highest BCUT2D eigenvalue weighted by Crippen LogP contribution is 2.38. The molecule has 0 aromatic carbocycles. The molecule has 0 saturated carbocycles. The summed E-state index contributed by atoms with van der Waals surface area (Å²) in [5.41, 5.74) is 3.01. The highest BCUT2D eigenvalue weighted by atomic mass is 32.1. The first-order chi connectivity index (χ1) is 13.1. The number of hydrogen-bond acceptors (Lipinski definition) is 8. The summed E-state index contributed by atoms with van der Waals surface area (Å²) in [6, 6.07) is 2.18. The van der Waals surface area contributed by atoms with Crippen LogP contribution in [0, 0.1) is 18.3 Å². The maximum absolute atomic E-state index is 12.6. The van der Waals surface area contributed by atoms with Gasteiger partial charge in [-0.1, -0.05) is 6.92 Å². The Morgan fingerprint density at radius 3 is 2.96 bits per heavy atom. The first kappa shape index (κ1) is 19.5. The number of thiazole rings is 1. The Kier molecular flexibility index (Phi) is 6.26. The lowest BCUT2D eigenvalue weighted by Crippen LogP contribution is -2.30. The average Bonchev–Trinajstić information content (AvgIpc) is 3.25. The van der Waals surface area contributed by atoms with E-state index >= 15 is 0 Å². The topological polar surface area (TPSA) is 78.2 Å². The summed E-state index contributed by atoms with van der Waals surface area (Å²) < 4.78 is 5.29. The number of nitrogens with one attached hydrogen (secondary N) is 1. The van der Waals surface area contributed by atoms with Crippen LogP contribution in [0.2, 0.25) is 0 Å². The maximum Gasteiger partial charge on any atom is 0.341 e. The smallest absolute Gasteiger partial charge is 0.341 e. The Morgan fingerprint density at radius 2 is 2.33 bits per heavy atom. The minimum Gasteiger partial charge on any atom is -0.462 e. The molecule has 0 atom stereocenters. The molecule has 142 valence electrons. The predicted molar refractivity (Wildman–Crippen MR) is 109 cm³/mol. The van der Waals surface area contributed by atoms with Crippen molar-refractivity contribution in [3.05, 3.63) is 38.3 Å². The van der Waals surface area contributed by atoms with Crippen LogP contribution in [-0.4, -0.2) is 35.5 Å². The van der Waals surface area contributed by atoms with Crippen molar-refractivity contribution in [1.82, 2.24) is 9.88 Å². The normalized spacial score (nSPS) is 14.5. The number of nitrogens with zero attached hydrogens (tertiary/aromatic N) is 3. The summed E-state index contributed by atoms with van der Waals surface area (Å²) in [6.45, 7) is 8.93. The molecule has 0 bridgehead atoms. The summed E-state index contributed by atoms with van der Waals surface area (Å²) in [7, 11) is 0. The van der Waals surface area contributed by atoms with Gasteiger partial charge in [-0.25, -0.2) is 9.78 Å². The van der Waals surface area contributed by atoms with Crippen LogP contribution in [0.5, 0.6) is 0 Å². The molecule has 0 unspecified atom stereocenters. The third kappa shape index (κ3) is 4.21. The van der Waals surface area contributed by atoms with Gasteiger partial charge < -0.3 is 10.1 Å². The number of aryl methyl sites for hydroxylation is 1. The number of likely N-dealkylation sites (N-methyl/N-ethyl adjacent to an activating group) is 1. The van der Waals surface area contributed by atoms with Gasteiger partial charge in [0.05, 0.1) is 12.2 Å². The third-order valence-corrected chi connectivity index (χ3v) is 6.52. The highest BCUT2D eigenvalue weighted by Gasteiger charge is 2.28. The van der Waals surface area contributed by atoms with Crippen molar-refractivity contribution in [3.63, 3.8) is 0 Å². The lowest BCUT2D eigenvalue weighted by atomic mass is 10.0. The van der Waals surface area contributed by atoms with Crippen LogP contribution in [0.4, 0.5) is 5.00 Å². The number of allylic oxidation sites excluding steroid dienone is 1. The van der Waals surface area contributed by atoms with Crippen molar-refractivity contribution >= 4 is 39.2 Å². The first-order valence-corrected chi connectivity index (χ1v) is 10.6. The number of hydrogen-bond donors (Lipinski definition) is 1. The zero-order valence-electron chi connectivity index (χ0n) is 15.7. The van der Waals surface area contributed by atoms with Crippen LogP contribution in [0.3, 0.4) is 0 Å². The molecule has 1 aliphatic heterocycles. The van der Waals surface area contributed by atoms with Gasteiger partial charge in [0.15, 0.2) is 0 Å². The number of nitriles is 1. The van der Waals surface area contributed by atoms with Crippen LogP contribution in [-0.2, 0) is 17.7 Å². The van der Waals surface area contributed by atoms with E-state index in [0.29, 0.717) is 22.8 Å². The lowest BCUT2D eigenvalue weighted by molar-refractivity contribution is 0.0526. The van der Waals surface area contributed by atoms with Crippen molar-refractivity contribution in [1.29, 1.82) is 5.26 Å². The fraction of sp³-hybridized carbons (Fsp3) is 0.421. The molecule has 0 radical (unpaired) electrons. The Morgan fingerprint density at radius 1 is 1.52 bits per heavy atom. The van der Waals surface area contributed by atoms with Gasteiger partial charge in [0, 0.05) is 35.2 Å². The number of thiophene rings is 1. The molecule has 0 amide bonds. The number of esters is 1. The first-order valence-electron chi connectivity index (χ1n) is 8.90. The van der Waals surface area contributed by atoms with Gasteiger partial charge in [0.25, 0.3) is 0 Å². The lowest BCUT2D eigenvalue weighted by Gasteiger charge is -2.25. The van der Waals surface area contributed by atoms with Crippen molar-refractivity contribution in [2.45, 2.75) is 33.7 Å². The molecule has 1 N–H and O–H groups in total. The van der Waals surface area contributed by atoms with E-state index in [9.17, 15) is 10.1 Å². The van der Waals surface area contributed by atoms with Crippen LogP contribution in [0.15, 0.2) is 11.6 Å². The Balaban J connectivity index is 1.94. The third-order valence-electron chi connectivity index (χ3n) is 4.38. The predicted octanol–water partition coefficient (Wildman–Crippen LogP) is 4.04. The zero-order valence-corrected chi connectivity index (χ0v) is 17.3. The van der Waals surface area contributed by atoms with Gasteiger partial charge in [-0.3, -0.25) is 4.90 Å². The largest absolute Gasteiger partial charge is 0.462 e. The van der Waals surface area contributed by atoms with Crippen LogP contribution in [0.25, 0.3) is 5.57 Å². The van der Waals surface area contributed by atoms with E-state index in [-0.39, 0.29) is 5.97 Å². The molecular formula is C19H22N4O2S2. The summed E-state index contributed by atoms with van der Waals surface area (Å²) in [5, 5.41) is 16.0. The molecule has 27 heavy (non-hydrogen) atoms. The molecule has 2 aromatic heterocycles. The number of aromatic nitrogens is 1. The fourth-order valence-corrected chi connectivity index (χ4v) is 5.01. The second-order valence-corrected chi connectivity index (χ2v) is 8.12. The number of ether oxygens (including phenoxy) is 1. The number of anilines is 1. The number of fused-ring (bicyclic) bond motifs is 1. The van der Waals surface area contributed by atoms with Crippen molar-refractivity contribution in [2.75, 3.05) is 25.0 Å². The van der Waals surface area contributed by atoms with Gasteiger partial charge in [0.2, 0.25) is 0 Å². The standard InChI is InChI=1S/C19H22N4O2S2/c1-4-23-7-6-14-15(10-23)27-18(16(14)19(24)25-5-2)21-9-13(8-20)17-22-12(3)11-26-17/h9,11,21H,4-7,10H2,1-3H3/b13-9+.